The van der Waals surface area contributed by atoms with Crippen molar-refractivity contribution in [1.82, 2.24) is 4.98 Å². The van der Waals surface area contributed by atoms with Crippen LogP contribution in [0.1, 0.15) is 6.42 Å². The number of ether oxygens (including phenoxy) is 1. The molecule has 14 heavy (non-hydrogen) atoms. The summed E-state index contributed by atoms with van der Waals surface area (Å²) in [5, 5.41) is 0.466. The number of halogens is 1. The van der Waals surface area contributed by atoms with Gasteiger partial charge >= 0.3 is 5.97 Å². The van der Waals surface area contributed by atoms with Crippen molar-refractivity contribution in [3.05, 3.63) is 23.5 Å². The molecule has 1 aromatic rings. The Morgan fingerprint density at radius 2 is 2.50 bits per heavy atom. The first-order valence-corrected chi connectivity index (χ1v) is 5.40. The summed E-state index contributed by atoms with van der Waals surface area (Å²) >= 11 is 7.25. The number of carbonyl (C=O) groups is 1. The van der Waals surface area contributed by atoms with Gasteiger partial charge in [-0.25, -0.2) is 4.98 Å². The Hall–Kier alpha value is -0.740. The van der Waals surface area contributed by atoms with Crippen molar-refractivity contribution in [3.8, 4) is 0 Å². The molecule has 3 nitrogen and oxygen atoms in total. The lowest BCUT2D eigenvalue weighted by molar-refractivity contribution is -0.140. The lowest BCUT2D eigenvalue weighted by atomic mass is 10.5. The summed E-state index contributed by atoms with van der Waals surface area (Å²) in [6, 6.07) is 3.62. The fraction of sp³-hybridized carbons (Fsp3) is 0.333. The van der Waals surface area contributed by atoms with E-state index >= 15 is 0 Å². The first kappa shape index (κ1) is 11.3. The molecule has 1 rings (SSSR count). The molecule has 0 atom stereocenters. The van der Waals surface area contributed by atoms with Crippen molar-refractivity contribution in [3.63, 3.8) is 0 Å². The van der Waals surface area contributed by atoms with E-state index in [0.29, 0.717) is 17.3 Å². The molecule has 0 saturated heterocycles. The molecule has 0 unspecified atom stereocenters. The monoisotopic (exact) mass is 231 g/mol. The zero-order chi connectivity index (χ0) is 10.4. The van der Waals surface area contributed by atoms with Crippen LogP contribution in [0.2, 0.25) is 5.15 Å². The van der Waals surface area contributed by atoms with Crippen molar-refractivity contribution in [2.24, 2.45) is 0 Å². The number of thioether (sulfide) groups is 1. The van der Waals surface area contributed by atoms with E-state index in [0.717, 1.165) is 4.90 Å². The van der Waals surface area contributed by atoms with Gasteiger partial charge in [-0.1, -0.05) is 11.6 Å². The molecule has 0 amide bonds. The number of aromatic nitrogens is 1. The Kier molecular flexibility index (Phi) is 4.76. The minimum atomic E-state index is -0.197. The number of hydrogen-bond acceptors (Lipinski definition) is 4. The second kappa shape index (κ2) is 5.88. The summed E-state index contributed by atoms with van der Waals surface area (Å²) in [5.74, 6) is 0.491. The van der Waals surface area contributed by atoms with E-state index < -0.39 is 0 Å². The third-order valence-corrected chi connectivity index (χ3v) is 2.70. The van der Waals surface area contributed by atoms with E-state index in [1.807, 2.05) is 6.07 Å². The van der Waals surface area contributed by atoms with Crippen LogP contribution >= 0.6 is 23.4 Å². The summed E-state index contributed by atoms with van der Waals surface area (Å²) in [6.07, 6.45) is 2.05. The molecule has 0 aliphatic rings. The van der Waals surface area contributed by atoms with E-state index in [1.165, 1.54) is 7.11 Å². The van der Waals surface area contributed by atoms with Gasteiger partial charge in [-0.3, -0.25) is 4.79 Å². The summed E-state index contributed by atoms with van der Waals surface area (Å²) in [5.41, 5.74) is 0. The van der Waals surface area contributed by atoms with Crippen LogP contribution in [0.25, 0.3) is 0 Å². The van der Waals surface area contributed by atoms with Crippen molar-refractivity contribution < 1.29 is 9.53 Å². The molecule has 0 spiro atoms. The maximum absolute atomic E-state index is 10.8. The second-order valence-electron chi connectivity index (χ2n) is 2.49. The number of rotatable bonds is 4. The fourth-order valence-electron chi connectivity index (χ4n) is 0.829. The molecule has 0 aliphatic carbocycles. The highest BCUT2D eigenvalue weighted by atomic mass is 35.5. The zero-order valence-corrected chi connectivity index (χ0v) is 9.27. The van der Waals surface area contributed by atoms with Gasteiger partial charge in [-0.05, 0) is 12.1 Å². The lowest BCUT2D eigenvalue weighted by Crippen LogP contribution is -2.00. The topological polar surface area (TPSA) is 39.2 Å². The number of hydrogen-bond donors (Lipinski definition) is 0. The van der Waals surface area contributed by atoms with Crippen LogP contribution < -0.4 is 0 Å². The quantitative estimate of drug-likeness (QED) is 0.453. The van der Waals surface area contributed by atoms with Gasteiger partial charge in [0.1, 0.15) is 5.15 Å². The summed E-state index contributed by atoms with van der Waals surface area (Å²) in [4.78, 5) is 15.7. The Morgan fingerprint density at radius 3 is 3.14 bits per heavy atom. The van der Waals surface area contributed by atoms with Gasteiger partial charge in [0.05, 0.1) is 13.5 Å². The van der Waals surface area contributed by atoms with Crippen molar-refractivity contribution in [1.29, 1.82) is 0 Å². The molecular formula is C9H10ClNO2S. The fourth-order valence-corrected chi connectivity index (χ4v) is 1.92. The van der Waals surface area contributed by atoms with E-state index in [-0.39, 0.29) is 5.97 Å². The Bertz CT molecular complexity index is 319. The molecule has 0 saturated carbocycles. The molecule has 0 aliphatic heterocycles. The molecule has 0 radical (unpaired) electrons. The van der Waals surface area contributed by atoms with Crippen LogP contribution in [0.4, 0.5) is 0 Å². The van der Waals surface area contributed by atoms with Gasteiger partial charge in [-0.2, -0.15) is 0 Å². The van der Waals surface area contributed by atoms with E-state index in [4.69, 9.17) is 11.6 Å². The van der Waals surface area contributed by atoms with Gasteiger partial charge < -0.3 is 4.74 Å². The maximum atomic E-state index is 10.8. The van der Waals surface area contributed by atoms with Crippen LogP contribution in [0.15, 0.2) is 23.2 Å². The van der Waals surface area contributed by atoms with Gasteiger partial charge in [0.15, 0.2) is 0 Å². The minimum Gasteiger partial charge on any atom is -0.469 e. The molecular weight excluding hydrogens is 222 g/mol. The highest BCUT2D eigenvalue weighted by Gasteiger charge is 2.01. The highest BCUT2D eigenvalue weighted by molar-refractivity contribution is 7.99. The molecule has 76 valence electrons. The minimum absolute atomic E-state index is 0.197. The van der Waals surface area contributed by atoms with Crippen molar-refractivity contribution in [2.45, 2.75) is 11.3 Å². The van der Waals surface area contributed by atoms with Crippen LogP contribution in [0, 0.1) is 0 Å². The maximum Gasteiger partial charge on any atom is 0.306 e. The third kappa shape index (κ3) is 3.98. The average Bonchev–Trinajstić information content (AvgIpc) is 2.17. The third-order valence-electron chi connectivity index (χ3n) is 1.50. The Balaban J connectivity index is 2.35. The smallest absolute Gasteiger partial charge is 0.306 e. The van der Waals surface area contributed by atoms with Crippen molar-refractivity contribution >= 4 is 29.3 Å². The van der Waals surface area contributed by atoms with E-state index in [1.54, 1.807) is 24.0 Å². The number of nitrogens with zero attached hydrogens (tertiary/aromatic N) is 1. The second-order valence-corrected chi connectivity index (χ2v) is 4.04. The molecule has 1 aromatic heterocycles. The van der Waals surface area contributed by atoms with Gasteiger partial charge in [0, 0.05) is 16.8 Å². The standard InChI is InChI=1S/C9H10ClNO2S/c1-13-9(12)3-5-14-7-2-4-11-8(10)6-7/h2,4,6H,3,5H2,1H3. The summed E-state index contributed by atoms with van der Waals surface area (Å²) in [7, 11) is 1.39. The van der Waals surface area contributed by atoms with Crippen LogP contribution in [0.5, 0.6) is 0 Å². The van der Waals surface area contributed by atoms with E-state index in [9.17, 15) is 4.79 Å². The SMILES string of the molecule is COC(=O)CCSc1ccnc(Cl)c1. The average molecular weight is 232 g/mol. The largest absolute Gasteiger partial charge is 0.469 e. The Morgan fingerprint density at radius 1 is 1.71 bits per heavy atom. The molecule has 0 aromatic carbocycles. The number of methoxy groups -OCH3 is 1. The number of esters is 1. The highest BCUT2D eigenvalue weighted by Crippen LogP contribution is 2.20. The molecule has 1 heterocycles. The molecule has 0 fully saturated rings. The van der Waals surface area contributed by atoms with Crippen LogP contribution in [0.3, 0.4) is 0 Å². The first-order chi connectivity index (χ1) is 6.72. The number of pyridine rings is 1. The van der Waals surface area contributed by atoms with Crippen LogP contribution in [-0.2, 0) is 9.53 Å². The lowest BCUT2D eigenvalue weighted by Gasteiger charge is -2.00. The molecule has 0 N–H and O–H groups in total. The van der Waals surface area contributed by atoms with E-state index in [2.05, 4.69) is 9.72 Å². The zero-order valence-electron chi connectivity index (χ0n) is 7.70. The first-order valence-electron chi connectivity index (χ1n) is 4.03. The Labute approximate surface area is 91.8 Å². The predicted molar refractivity (Wildman–Crippen MR) is 56.6 cm³/mol. The molecule has 5 heteroatoms. The van der Waals surface area contributed by atoms with Gasteiger partial charge in [-0.15, -0.1) is 11.8 Å². The van der Waals surface area contributed by atoms with Gasteiger partial charge in [0.2, 0.25) is 0 Å². The van der Waals surface area contributed by atoms with Crippen LogP contribution in [-0.4, -0.2) is 23.8 Å². The van der Waals surface area contributed by atoms with Gasteiger partial charge in [0.25, 0.3) is 0 Å². The van der Waals surface area contributed by atoms with Crippen molar-refractivity contribution in [2.75, 3.05) is 12.9 Å². The number of carbonyl (C=O) groups excluding carboxylic acids is 1. The normalized spacial score (nSPS) is 9.86. The summed E-state index contributed by atoms with van der Waals surface area (Å²) in [6.45, 7) is 0. The molecule has 0 bridgehead atoms. The predicted octanol–water partition coefficient (Wildman–Crippen LogP) is 2.39. The summed E-state index contributed by atoms with van der Waals surface area (Å²) < 4.78 is 4.52.